The van der Waals surface area contributed by atoms with Crippen molar-refractivity contribution < 1.29 is 27.1 Å². The third-order valence-electron chi connectivity index (χ3n) is 3.80. The highest BCUT2D eigenvalue weighted by Crippen LogP contribution is 2.38. The minimum atomic E-state index is -4.22. The second-order valence-corrected chi connectivity index (χ2v) is 6.93. The van der Waals surface area contributed by atoms with Gasteiger partial charge in [0.05, 0.1) is 5.41 Å². The first-order valence-corrected chi connectivity index (χ1v) is 7.93. The first kappa shape index (κ1) is 15.8. The molecule has 116 valence electrons. The number of sulfonamides is 1. The zero-order chi connectivity index (χ0) is 15.7. The normalized spacial score (nSPS) is 17.8. The molecule has 1 aromatic carbocycles. The van der Waals surface area contributed by atoms with E-state index in [-0.39, 0.29) is 6.54 Å². The second kappa shape index (κ2) is 5.69. The fraction of sp³-hybridized carbons (Fsp3) is 0.462. The summed E-state index contributed by atoms with van der Waals surface area (Å²) in [5, 5.41) is 9.26. The lowest BCUT2D eigenvalue weighted by Crippen LogP contribution is -2.41. The Morgan fingerprint density at radius 1 is 1.29 bits per heavy atom. The molecule has 2 N–H and O–H groups in total. The van der Waals surface area contributed by atoms with E-state index < -0.39 is 37.9 Å². The van der Waals surface area contributed by atoms with Crippen LogP contribution in [0.3, 0.4) is 0 Å². The molecule has 1 aliphatic rings. The Balaban J connectivity index is 2.20. The molecule has 0 aliphatic heterocycles. The van der Waals surface area contributed by atoms with Crippen LogP contribution < -0.4 is 4.72 Å². The molecular weight excluding hydrogens is 304 g/mol. The molecule has 5 nitrogen and oxygen atoms in total. The van der Waals surface area contributed by atoms with Gasteiger partial charge in [-0.1, -0.05) is 12.8 Å². The summed E-state index contributed by atoms with van der Waals surface area (Å²) in [6.07, 6.45) is 2.16. The number of aliphatic carboxylic acids is 1. The van der Waals surface area contributed by atoms with E-state index in [4.69, 9.17) is 0 Å². The predicted octanol–water partition coefficient (Wildman–Crippen LogP) is 1.89. The van der Waals surface area contributed by atoms with Crippen molar-refractivity contribution in [2.24, 2.45) is 5.41 Å². The van der Waals surface area contributed by atoms with Crippen LogP contribution in [0.5, 0.6) is 0 Å². The van der Waals surface area contributed by atoms with Gasteiger partial charge in [-0.15, -0.1) is 0 Å². The quantitative estimate of drug-likeness (QED) is 0.868. The molecule has 0 bridgehead atoms. The first-order valence-electron chi connectivity index (χ1n) is 6.45. The van der Waals surface area contributed by atoms with Crippen molar-refractivity contribution in [3.05, 3.63) is 29.8 Å². The summed E-state index contributed by atoms with van der Waals surface area (Å²) in [4.78, 5) is 10.6. The Labute approximate surface area is 121 Å². The van der Waals surface area contributed by atoms with Gasteiger partial charge in [0.1, 0.15) is 16.5 Å². The SMILES string of the molecule is O=C(O)C1(CNS(=O)(=O)c2ccc(F)cc2F)CCCC1. The summed E-state index contributed by atoms with van der Waals surface area (Å²) in [5.74, 6) is -3.16. The third kappa shape index (κ3) is 3.21. The number of carboxylic acid groups (broad SMARTS) is 1. The maximum absolute atomic E-state index is 13.5. The van der Waals surface area contributed by atoms with Crippen LogP contribution in [0.15, 0.2) is 23.1 Å². The number of hydrogen-bond acceptors (Lipinski definition) is 3. The summed E-state index contributed by atoms with van der Waals surface area (Å²) in [7, 11) is -4.22. The van der Waals surface area contributed by atoms with Crippen molar-refractivity contribution in [1.29, 1.82) is 0 Å². The van der Waals surface area contributed by atoms with E-state index in [1.54, 1.807) is 0 Å². The molecule has 0 aromatic heterocycles. The Morgan fingerprint density at radius 2 is 1.90 bits per heavy atom. The maximum atomic E-state index is 13.5. The van der Waals surface area contributed by atoms with Gasteiger partial charge < -0.3 is 5.11 Å². The van der Waals surface area contributed by atoms with Crippen molar-refractivity contribution in [2.75, 3.05) is 6.54 Å². The van der Waals surface area contributed by atoms with Crippen LogP contribution in [0.4, 0.5) is 8.78 Å². The molecule has 0 atom stereocenters. The lowest BCUT2D eigenvalue weighted by molar-refractivity contribution is -0.148. The van der Waals surface area contributed by atoms with Gasteiger partial charge in [0.2, 0.25) is 10.0 Å². The summed E-state index contributed by atoms with van der Waals surface area (Å²) >= 11 is 0. The molecule has 0 unspecified atom stereocenters. The van der Waals surface area contributed by atoms with Gasteiger partial charge in [0.15, 0.2) is 0 Å². The molecule has 1 saturated carbocycles. The van der Waals surface area contributed by atoms with Gasteiger partial charge in [-0.25, -0.2) is 21.9 Å². The molecule has 8 heteroatoms. The number of halogens is 2. The van der Waals surface area contributed by atoms with Gasteiger partial charge in [-0.3, -0.25) is 4.79 Å². The molecule has 1 aromatic rings. The fourth-order valence-corrected chi connectivity index (χ4v) is 3.71. The maximum Gasteiger partial charge on any atom is 0.310 e. The molecule has 2 rings (SSSR count). The highest BCUT2D eigenvalue weighted by atomic mass is 32.2. The van der Waals surface area contributed by atoms with Crippen molar-refractivity contribution in [3.63, 3.8) is 0 Å². The largest absolute Gasteiger partial charge is 0.481 e. The van der Waals surface area contributed by atoms with Crippen molar-refractivity contribution >= 4 is 16.0 Å². The summed E-state index contributed by atoms with van der Waals surface area (Å²) in [6, 6.07) is 2.12. The average Bonchev–Trinajstić information content (AvgIpc) is 2.86. The smallest absolute Gasteiger partial charge is 0.310 e. The van der Waals surface area contributed by atoms with Crippen LogP contribution in [-0.4, -0.2) is 26.0 Å². The highest BCUT2D eigenvalue weighted by Gasteiger charge is 2.42. The molecular formula is C13H15F2NO4S. The molecule has 0 saturated heterocycles. The molecule has 1 aliphatic carbocycles. The number of nitrogens with one attached hydrogen (secondary N) is 1. The third-order valence-corrected chi connectivity index (χ3v) is 5.23. The van der Waals surface area contributed by atoms with E-state index in [9.17, 15) is 27.1 Å². The summed E-state index contributed by atoms with van der Waals surface area (Å²) < 4.78 is 52.5. The van der Waals surface area contributed by atoms with Crippen LogP contribution in [0.25, 0.3) is 0 Å². The zero-order valence-electron chi connectivity index (χ0n) is 11.1. The molecule has 0 radical (unpaired) electrons. The number of rotatable bonds is 5. The van der Waals surface area contributed by atoms with Crippen LogP contribution in [0.1, 0.15) is 25.7 Å². The van der Waals surface area contributed by atoms with E-state index in [2.05, 4.69) is 4.72 Å². The molecule has 0 heterocycles. The molecule has 0 spiro atoms. The monoisotopic (exact) mass is 319 g/mol. The lowest BCUT2D eigenvalue weighted by atomic mass is 9.87. The fourth-order valence-electron chi connectivity index (χ4n) is 2.52. The summed E-state index contributed by atoms with van der Waals surface area (Å²) in [6.45, 7) is -0.304. The van der Waals surface area contributed by atoms with Crippen LogP contribution in [0.2, 0.25) is 0 Å². The minimum Gasteiger partial charge on any atom is -0.481 e. The van der Waals surface area contributed by atoms with E-state index in [0.29, 0.717) is 31.7 Å². The van der Waals surface area contributed by atoms with E-state index >= 15 is 0 Å². The zero-order valence-corrected chi connectivity index (χ0v) is 11.9. The Morgan fingerprint density at radius 3 is 2.43 bits per heavy atom. The lowest BCUT2D eigenvalue weighted by Gasteiger charge is -2.23. The van der Waals surface area contributed by atoms with E-state index in [1.165, 1.54) is 0 Å². The predicted molar refractivity (Wildman–Crippen MR) is 70.1 cm³/mol. The van der Waals surface area contributed by atoms with Crippen molar-refractivity contribution in [1.82, 2.24) is 4.72 Å². The summed E-state index contributed by atoms with van der Waals surface area (Å²) in [5.41, 5.74) is -1.15. The Bertz CT molecular complexity index is 654. The van der Waals surface area contributed by atoms with Gasteiger partial charge in [0.25, 0.3) is 0 Å². The molecule has 0 amide bonds. The molecule has 1 fully saturated rings. The van der Waals surface area contributed by atoms with Crippen LogP contribution in [0, 0.1) is 17.0 Å². The average molecular weight is 319 g/mol. The molecule has 21 heavy (non-hydrogen) atoms. The van der Waals surface area contributed by atoms with Crippen molar-refractivity contribution in [3.8, 4) is 0 Å². The topological polar surface area (TPSA) is 83.5 Å². The Hall–Kier alpha value is -1.54. The van der Waals surface area contributed by atoms with Crippen LogP contribution in [-0.2, 0) is 14.8 Å². The van der Waals surface area contributed by atoms with E-state index in [1.807, 2.05) is 0 Å². The van der Waals surface area contributed by atoms with Gasteiger partial charge >= 0.3 is 5.97 Å². The second-order valence-electron chi connectivity index (χ2n) is 5.19. The number of carboxylic acids is 1. The number of carbonyl (C=O) groups is 1. The standard InChI is InChI=1S/C13H15F2NO4S/c14-9-3-4-11(10(15)7-9)21(19,20)16-8-13(12(17)18)5-1-2-6-13/h3-4,7,16H,1-2,5-6,8H2,(H,17,18). The first-order chi connectivity index (χ1) is 9.77. The van der Waals surface area contributed by atoms with Crippen molar-refractivity contribution in [2.45, 2.75) is 30.6 Å². The Kier molecular flexibility index (Phi) is 4.29. The minimum absolute atomic E-state index is 0.304. The van der Waals surface area contributed by atoms with Gasteiger partial charge in [0, 0.05) is 12.6 Å². The number of hydrogen-bond donors (Lipinski definition) is 2. The van der Waals surface area contributed by atoms with Gasteiger partial charge in [-0.05, 0) is 25.0 Å². The van der Waals surface area contributed by atoms with Crippen LogP contribution >= 0.6 is 0 Å². The van der Waals surface area contributed by atoms with E-state index in [0.717, 1.165) is 12.1 Å². The highest BCUT2D eigenvalue weighted by molar-refractivity contribution is 7.89. The van der Waals surface area contributed by atoms with Gasteiger partial charge in [-0.2, -0.15) is 0 Å². The number of benzene rings is 1.